The van der Waals surface area contributed by atoms with Crippen molar-refractivity contribution in [3.05, 3.63) is 16.4 Å². The molecule has 2 atom stereocenters. The molecular formula is C14H22ClN3O2. The van der Waals surface area contributed by atoms with Crippen molar-refractivity contribution in [3.63, 3.8) is 0 Å². The van der Waals surface area contributed by atoms with Crippen LogP contribution in [-0.4, -0.2) is 38.3 Å². The summed E-state index contributed by atoms with van der Waals surface area (Å²) in [6.07, 6.45) is 1.52. The van der Waals surface area contributed by atoms with E-state index in [9.17, 15) is 9.90 Å². The second kappa shape index (κ2) is 6.14. The van der Waals surface area contributed by atoms with E-state index in [1.165, 1.54) is 0 Å². The summed E-state index contributed by atoms with van der Waals surface area (Å²) in [5.41, 5.74) is 1.93. The first-order valence-electron chi connectivity index (χ1n) is 7.20. The van der Waals surface area contributed by atoms with Crippen LogP contribution in [0.4, 0.5) is 0 Å². The van der Waals surface area contributed by atoms with Crippen LogP contribution < -0.4 is 0 Å². The van der Waals surface area contributed by atoms with Crippen LogP contribution in [0.3, 0.4) is 0 Å². The average molecular weight is 300 g/mol. The molecule has 1 aromatic heterocycles. The third kappa shape index (κ3) is 2.69. The van der Waals surface area contributed by atoms with Gasteiger partial charge in [0.15, 0.2) is 0 Å². The van der Waals surface area contributed by atoms with Gasteiger partial charge < -0.3 is 5.11 Å². The Morgan fingerprint density at radius 2 is 2.20 bits per heavy atom. The highest BCUT2D eigenvalue weighted by Gasteiger charge is 2.36. The minimum Gasteiger partial charge on any atom is -0.481 e. The van der Waals surface area contributed by atoms with Gasteiger partial charge in [0.1, 0.15) is 0 Å². The molecule has 2 heterocycles. The highest BCUT2D eigenvalue weighted by atomic mass is 35.5. The number of carbonyl (C=O) groups is 1. The maximum Gasteiger partial charge on any atom is 0.308 e. The molecule has 20 heavy (non-hydrogen) atoms. The fraction of sp³-hybridized carbons (Fsp3) is 0.714. The van der Waals surface area contributed by atoms with Crippen LogP contribution in [0.5, 0.6) is 0 Å². The van der Waals surface area contributed by atoms with Crippen LogP contribution in [0.1, 0.15) is 38.6 Å². The van der Waals surface area contributed by atoms with Crippen molar-refractivity contribution in [1.82, 2.24) is 14.7 Å². The average Bonchev–Trinajstić information content (AvgIpc) is 2.93. The summed E-state index contributed by atoms with van der Waals surface area (Å²) in [5.74, 6) is -0.984. The second-order valence-corrected chi connectivity index (χ2v) is 5.70. The topological polar surface area (TPSA) is 58.4 Å². The van der Waals surface area contributed by atoms with E-state index in [2.05, 4.69) is 10.00 Å². The Balaban J connectivity index is 2.18. The van der Waals surface area contributed by atoms with Crippen LogP contribution >= 0.6 is 11.6 Å². The van der Waals surface area contributed by atoms with Crippen LogP contribution in [-0.2, 0) is 24.3 Å². The van der Waals surface area contributed by atoms with Gasteiger partial charge >= 0.3 is 5.97 Å². The summed E-state index contributed by atoms with van der Waals surface area (Å²) in [6.45, 7) is 8.30. The van der Waals surface area contributed by atoms with Gasteiger partial charge in [-0.25, -0.2) is 0 Å². The van der Waals surface area contributed by atoms with E-state index in [-0.39, 0.29) is 12.0 Å². The van der Waals surface area contributed by atoms with Crippen molar-refractivity contribution in [2.45, 2.75) is 52.7 Å². The van der Waals surface area contributed by atoms with E-state index < -0.39 is 5.97 Å². The number of rotatable bonds is 5. The van der Waals surface area contributed by atoms with Crippen LogP contribution in [0.2, 0.25) is 5.02 Å². The predicted molar refractivity (Wildman–Crippen MR) is 77.9 cm³/mol. The third-order valence-corrected chi connectivity index (χ3v) is 4.69. The lowest BCUT2D eigenvalue weighted by atomic mass is 10.0. The molecule has 6 heteroatoms. The zero-order valence-corrected chi connectivity index (χ0v) is 13.0. The third-order valence-electron chi connectivity index (χ3n) is 4.25. The minimum absolute atomic E-state index is 0.0360. The SMILES string of the molecule is CCc1nn(CC)c(CN2CCC(C(=O)O)C2C)c1Cl. The van der Waals surface area contributed by atoms with E-state index in [4.69, 9.17) is 11.6 Å². The molecule has 2 rings (SSSR count). The molecular weight excluding hydrogens is 278 g/mol. The number of hydrogen-bond acceptors (Lipinski definition) is 3. The Morgan fingerprint density at radius 3 is 2.70 bits per heavy atom. The summed E-state index contributed by atoms with van der Waals surface area (Å²) in [4.78, 5) is 13.4. The fourth-order valence-corrected chi connectivity index (χ4v) is 3.25. The molecule has 1 saturated heterocycles. The standard InChI is InChI=1S/C14H22ClN3O2/c1-4-11-13(15)12(18(5-2)16-11)8-17-7-6-10(9(17)3)14(19)20/h9-10H,4-8H2,1-3H3,(H,19,20). The van der Waals surface area contributed by atoms with E-state index in [1.807, 2.05) is 25.5 Å². The molecule has 0 spiro atoms. The zero-order chi connectivity index (χ0) is 14.9. The minimum atomic E-state index is -0.704. The number of aliphatic carboxylic acids is 1. The number of likely N-dealkylation sites (tertiary alicyclic amines) is 1. The van der Waals surface area contributed by atoms with Gasteiger partial charge in [0.2, 0.25) is 0 Å². The molecule has 2 unspecified atom stereocenters. The molecule has 0 amide bonds. The first-order valence-corrected chi connectivity index (χ1v) is 7.58. The molecule has 0 saturated carbocycles. The number of hydrogen-bond donors (Lipinski definition) is 1. The van der Waals surface area contributed by atoms with Gasteiger partial charge in [0.05, 0.1) is 22.3 Å². The Labute approximate surface area is 124 Å². The second-order valence-electron chi connectivity index (χ2n) is 5.32. The summed E-state index contributed by atoms with van der Waals surface area (Å²) in [7, 11) is 0. The molecule has 1 aliphatic rings. The number of aromatic nitrogens is 2. The van der Waals surface area contributed by atoms with Gasteiger partial charge in [0.25, 0.3) is 0 Å². The number of carboxylic acid groups (broad SMARTS) is 1. The number of aryl methyl sites for hydroxylation is 2. The lowest BCUT2D eigenvalue weighted by Crippen LogP contribution is -2.33. The largest absolute Gasteiger partial charge is 0.481 e. The van der Waals surface area contributed by atoms with Gasteiger partial charge in [0, 0.05) is 19.1 Å². The molecule has 1 aromatic rings. The normalized spacial score (nSPS) is 23.4. The Hall–Kier alpha value is -1.07. The molecule has 1 aliphatic heterocycles. The molecule has 1 N–H and O–H groups in total. The smallest absolute Gasteiger partial charge is 0.308 e. The van der Waals surface area contributed by atoms with E-state index in [0.29, 0.717) is 13.0 Å². The lowest BCUT2D eigenvalue weighted by molar-refractivity contribution is -0.142. The molecule has 0 radical (unpaired) electrons. The monoisotopic (exact) mass is 299 g/mol. The Morgan fingerprint density at radius 1 is 1.50 bits per heavy atom. The molecule has 0 aliphatic carbocycles. The summed E-state index contributed by atoms with van der Waals surface area (Å²) < 4.78 is 1.93. The quantitative estimate of drug-likeness (QED) is 0.907. The van der Waals surface area contributed by atoms with Crippen molar-refractivity contribution in [3.8, 4) is 0 Å². The summed E-state index contributed by atoms with van der Waals surface area (Å²) in [6, 6.07) is 0.0360. The highest BCUT2D eigenvalue weighted by molar-refractivity contribution is 6.31. The highest BCUT2D eigenvalue weighted by Crippen LogP contribution is 2.29. The molecule has 5 nitrogen and oxygen atoms in total. The zero-order valence-electron chi connectivity index (χ0n) is 12.3. The van der Waals surface area contributed by atoms with Gasteiger partial charge in [-0.1, -0.05) is 18.5 Å². The Kier molecular flexibility index (Phi) is 4.70. The van der Waals surface area contributed by atoms with E-state index in [1.54, 1.807) is 0 Å². The van der Waals surface area contributed by atoms with E-state index >= 15 is 0 Å². The summed E-state index contributed by atoms with van der Waals surface area (Å²) >= 11 is 6.41. The van der Waals surface area contributed by atoms with Crippen molar-refractivity contribution < 1.29 is 9.90 Å². The Bertz CT molecular complexity index is 501. The van der Waals surface area contributed by atoms with Crippen molar-refractivity contribution >= 4 is 17.6 Å². The van der Waals surface area contributed by atoms with Crippen molar-refractivity contribution in [1.29, 1.82) is 0 Å². The van der Waals surface area contributed by atoms with Gasteiger partial charge in [-0.3, -0.25) is 14.4 Å². The number of nitrogens with zero attached hydrogens (tertiary/aromatic N) is 3. The molecule has 0 aromatic carbocycles. The fourth-order valence-electron chi connectivity index (χ4n) is 2.92. The maximum absolute atomic E-state index is 11.2. The molecule has 0 bridgehead atoms. The van der Waals surface area contributed by atoms with Crippen molar-refractivity contribution in [2.75, 3.05) is 6.54 Å². The van der Waals surface area contributed by atoms with Crippen LogP contribution in [0, 0.1) is 5.92 Å². The number of halogens is 1. The first kappa shape index (κ1) is 15.3. The summed E-state index contributed by atoms with van der Waals surface area (Å²) in [5, 5.41) is 14.4. The number of carboxylic acids is 1. The molecule has 112 valence electrons. The molecule has 1 fully saturated rings. The van der Waals surface area contributed by atoms with Crippen molar-refractivity contribution in [2.24, 2.45) is 5.92 Å². The first-order chi connectivity index (χ1) is 9.49. The lowest BCUT2D eigenvalue weighted by Gasteiger charge is -2.23. The van der Waals surface area contributed by atoms with Crippen LogP contribution in [0.15, 0.2) is 0 Å². The van der Waals surface area contributed by atoms with Gasteiger partial charge in [-0.2, -0.15) is 5.10 Å². The van der Waals surface area contributed by atoms with Gasteiger partial charge in [-0.15, -0.1) is 0 Å². The van der Waals surface area contributed by atoms with Gasteiger partial charge in [-0.05, 0) is 33.2 Å². The maximum atomic E-state index is 11.2. The van der Waals surface area contributed by atoms with E-state index in [0.717, 1.165) is 35.9 Å². The predicted octanol–water partition coefficient (Wildman–Crippen LogP) is 2.41. The van der Waals surface area contributed by atoms with Crippen LogP contribution in [0.25, 0.3) is 0 Å².